The van der Waals surface area contributed by atoms with Crippen molar-refractivity contribution in [1.82, 2.24) is 5.32 Å². The van der Waals surface area contributed by atoms with Crippen LogP contribution in [0.5, 0.6) is 0 Å². The van der Waals surface area contributed by atoms with Crippen LogP contribution in [0, 0.1) is 0 Å². The van der Waals surface area contributed by atoms with Crippen LogP contribution in [-0.4, -0.2) is 25.2 Å². The molecule has 0 aromatic heterocycles. The number of halogens is 3. The van der Waals surface area contributed by atoms with Crippen LogP contribution in [0.4, 0.5) is 13.2 Å². The quantitative estimate of drug-likeness (QED) is 0.872. The van der Waals surface area contributed by atoms with Gasteiger partial charge in [0.1, 0.15) is 5.54 Å². The minimum Gasteiger partial charge on any atom is -0.468 e. The van der Waals surface area contributed by atoms with E-state index in [9.17, 15) is 18.0 Å². The molecular weight excluding hydrogens is 283 g/mol. The summed E-state index contributed by atoms with van der Waals surface area (Å²) in [4.78, 5) is 12.1. The van der Waals surface area contributed by atoms with Gasteiger partial charge >= 0.3 is 12.1 Å². The number of rotatable bonds is 3. The molecule has 3 nitrogen and oxygen atoms in total. The highest BCUT2D eigenvalue weighted by molar-refractivity contribution is 5.81. The van der Waals surface area contributed by atoms with Crippen molar-refractivity contribution in [2.45, 2.75) is 37.4 Å². The molecule has 0 spiro atoms. The Bertz CT molecular complexity index is 508. The number of hydrogen-bond donors (Lipinski definition) is 1. The number of carbonyl (C=O) groups excluding carboxylic acids is 1. The molecule has 1 aliphatic rings. The topological polar surface area (TPSA) is 38.3 Å². The second-order valence-electron chi connectivity index (χ2n) is 5.29. The highest BCUT2D eigenvalue weighted by Crippen LogP contribution is 2.35. The maximum absolute atomic E-state index is 13.1. The van der Waals surface area contributed by atoms with Crippen molar-refractivity contribution in [1.29, 1.82) is 0 Å². The van der Waals surface area contributed by atoms with E-state index in [2.05, 4.69) is 5.32 Å². The van der Waals surface area contributed by atoms with Gasteiger partial charge in [-0.2, -0.15) is 13.2 Å². The average molecular weight is 301 g/mol. The summed E-state index contributed by atoms with van der Waals surface area (Å²) in [6.45, 7) is 0.600. The number of nitrogens with one attached hydrogen (secondary N) is 1. The molecule has 0 amide bonds. The molecule has 1 fully saturated rings. The molecule has 116 valence electrons. The fourth-order valence-electron chi connectivity index (χ4n) is 2.84. The minimum atomic E-state index is -4.43. The Morgan fingerprint density at radius 2 is 2.05 bits per heavy atom. The van der Waals surface area contributed by atoms with Gasteiger partial charge in [0.2, 0.25) is 0 Å². The predicted octanol–water partition coefficient (Wildman–Crippen LogP) is 2.93. The summed E-state index contributed by atoms with van der Waals surface area (Å²) in [5.41, 5.74) is -1.64. The smallest absolute Gasteiger partial charge is 0.416 e. The number of piperidine rings is 1. The van der Waals surface area contributed by atoms with Crippen molar-refractivity contribution in [3.63, 3.8) is 0 Å². The normalized spacial score (nSPS) is 22.9. The van der Waals surface area contributed by atoms with Gasteiger partial charge in [-0.05, 0) is 37.4 Å². The van der Waals surface area contributed by atoms with E-state index < -0.39 is 23.2 Å². The Labute approximate surface area is 121 Å². The van der Waals surface area contributed by atoms with Crippen molar-refractivity contribution in [3.8, 4) is 0 Å². The third-order valence-corrected chi connectivity index (χ3v) is 3.88. The summed E-state index contributed by atoms with van der Waals surface area (Å²) in [5, 5.41) is 3.07. The zero-order valence-electron chi connectivity index (χ0n) is 11.8. The van der Waals surface area contributed by atoms with Gasteiger partial charge in [0, 0.05) is 6.42 Å². The van der Waals surface area contributed by atoms with Crippen LogP contribution in [0.25, 0.3) is 0 Å². The predicted molar refractivity (Wildman–Crippen MR) is 71.7 cm³/mol. The van der Waals surface area contributed by atoms with Crippen LogP contribution in [0.15, 0.2) is 24.3 Å². The first-order valence-corrected chi connectivity index (χ1v) is 6.88. The largest absolute Gasteiger partial charge is 0.468 e. The number of carbonyl (C=O) groups is 1. The summed E-state index contributed by atoms with van der Waals surface area (Å²) in [5.74, 6) is -0.501. The molecule has 1 aliphatic heterocycles. The molecule has 1 heterocycles. The highest BCUT2D eigenvalue weighted by atomic mass is 19.4. The average Bonchev–Trinajstić information content (AvgIpc) is 2.46. The number of alkyl halides is 3. The van der Waals surface area contributed by atoms with E-state index >= 15 is 0 Å². The van der Waals surface area contributed by atoms with Gasteiger partial charge in [0.25, 0.3) is 0 Å². The first kappa shape index (κ1) is 15.8. The summed E-state index contributed by atoms with van der Waals surface area (Å²) >= 11 is 0. The van der Waals surface area contributed by atoms with Gasteiger partial charge in [-0.1, -0.05) is 18.2 Å². The van der Waals surface area contributed by atoms with Crippen LogP contribution >= 0.6 is 0 Å². The van der Waals surface area contributed by atoms with Gasteiger partial charge in [0.15, 0.2) is 0 Å². The molecule has 0 radical (unpaired) electrons. The Morgan fingerprint density at radius 3 is 2.62 bits per heavy atom. The number of hydrogen-bond acceptors (Lipinski definition) is 3. The molecule has 6 heteroatoms. The van der Waals surface area contributed by atoms with Crippen LogP contribution < -0.4 is 5.32 Å². The van der Waals surface area contributed by atoms with E-state index in [4.69, 9.17) is 4.74 Å². The molecule has 0 aliphatic carbocycles. The molecule has 1 unspecified atom stereocenters. The van der Waals surface area contributed by atoms with E-state index in [1.165, 1.54) is 19.2 Å². The first-order valence-electron chi connectivity index (χ1n) is 6.88. The van der Waals surface area contributed by atoms with Crippen LogP contribution in [-0.2, 0) is 22.1 Å². The SMILES string of the molecule is COC(=O)C1(Cc2ccccc2C(F)(F)F)CCCCN1. The van der Waals surface area contributed by atoms with Gasteiger partial charge in [0.05, 0.1) is 12.7 Å². The van der Waals surface area contributed by atoms with E-state index in [0.29, 0.717) is 13.0 Å². The number of methoxy groups -OCH3 is 1. The van der Waals surface area contributed by atoms with Gasteiger partial charge in [-0.25, -0.2) is 0 Å². The van der Waals surface area contributed by atoms with E-state index in [-0.39, 0.29) is 12.0 Å². The lowest BCUT2D eigenvalue weighted by Crippen LogP contribution is -2.57. The van der Waals surface area contributed by atoms with Crippen molar-refractivity contribution in [2.24, 2.45) is 0 Å². The van der Waals surface area contributed by atoms with E-state index in [1.807, 2.05) is 0 Å². The zero-order valence-corrected chi connectivity index (χ0v) is 11.8. The second kappa shape index (κ2) is 6.05. The Balaban J connectivity index is 2.36. The van der Waals surface area contributed by atoms with Gasteiger partial charge < -0.3 is 10.1 Å². The molecule has 0 bridgehead atoms. The summed E-state index contributed by atoms with van der Waals surface area (Å²) in [6.07, 6.45) is -2.28. The van der Waals surface area contributed by atoms with Crippen LogP contribution in [0.3, 0.4) is 0 Å². The first-order chi connectivity index (χ1) is 9.89. The molecule has 1 atom stereocenters. The summed E-state index contributed by atoms with van der Waals surface area (Å²) in [6, 6.07) is 5.37. The second-order valence-corrected chi connectivity index (χ2v) is 5.29. The molecule has 0 saturated carbocycles. The molecule has 1 aromatic carbocycles. The standard InChI is InChI=1S/C15H18F3NO2/c1-21-13(20)14(8-4-5-9-19-14)10-11-6-2-3-7-12(11)15(16,17)18/h2-3,6-7,19H,4-5,8-10H2,1H3. The van der Waals surface area contributed by atoms with Gasteiger partial charge in [-0.3, -0.25) is 4.79 Å². The number of ether oxygens (including phenoxy) is 1. The molecule has 21 heavy (non-hydrogen) atoms. The lowest BCUT2D eigenvalue weighted by molar-refractivity contribution is -0.150. The third kappa shape index (κ3) is 3.37. The zero-order chi connectivity index (χ0) is 15.5. The van der Waals surface area contributed by atoms with Crippen molar-refractivity contribution < 1.29 is 22.7 Å². The monoisotopic (exact) mass is 301 g/mol. The van der Waals surface area contributed by atoms with E-state index in [0.717, 1.165) is 18.9 Å². The number of benzene rings is 1. The molecule has 2 rings (SSSR count). The Morgan fingerprint density at radius 1 is 1.33 bits per heavy atom. The maximum Gasteiger partial charge on any atom is 0.416 e. The molecule has 1 saturated heterocycles. The van der Waals surface area contributed by atoms with Crippen LogP contribution in [0.2, 0.25) is 0 Å². The highest BCUT2D eigenvalue weighted by Gasteiger charge is 2.43. The summed E-state index contributed by atoms with van der Waals surface area (Å²) < 4.78 is 44.0. The molecule has 1 N–H and O–H groups in total. The fraction of sp³-hybridized carbons (Fsp3) is 0.533. The fourth-order valence-corrected chi connectivity index (χ4v) is 2.84. The third-order valence-electron chi connectivity index (χ3n) is 3.88. The van der Waals surface area contributed by atoms with Crippen molar-refractivity contribution in [2.75, 3.05) is 13.7 Å². The van der Waals surface area contributed by atoms with E-state index in [1.54, 1.807) is 6.07 Å². The molecule has 1 aromatic rings. The molecular formula is C15H18F3NO2. The van der Waals surface area contributed by atoms with Crippen molar-refractivity contribution in [3.05, 3.63) is 35.4 Å². The lowest BCUT2D eigenvalue weighted by atomic mass is 9.82. The number of esters is 1. The Kier molecular flexibility index (Phi) is 4.56. The van der Waals surface area contributed by atoms with Crippen molar-refractivity contribution >= 4 is 5.97 Å². The Hall–Kier alpha value is -1.56. The lowest BCUT2D eigenvalue weighted by Gasteiger charge is -2.36. The van der Waals surface area contributed by atoms with Crippen LogP contribution in [0.1, 0.15) is 30.4 Å². The maximum atomic E-state index is 13.1. The minimum absolute atomic E-state index is 0.0185. The summed E-state index contributed by atoms with van der Waals surface area (Å²) in [7, 11) is 1.26. The van der Waals surface area contributed by atoms with Gasteiger partial charge in [-0.15, -0.1) is 0 Å².